The molecule has 0 unspecified atom stereocenters. The predicted octanol–water partition coefficient (Wildman–Crippen LogP) is 3.61. The second-order valence-corrected chi connectivity index (χ2v) is 6.49. The van der Waals surface area contributed by atoms with Gasteiger partial charge in [-0.2, -0.15) is 0 Å². The van der Waals surface area contributed by atoms with Crippen molar-refractivity contribution < 1.29 is 14.3 Å². The van der Waals surface area contributed by atoms with Crippen LogP contribution in [0.3, 0.4) is 0 Å². The Morgan fingerprint density at radius 3 is 2.60 bits per heavy atom. The third-order valence-corrected chi connectivity index (χ3v) is 4.71. The lowest BCUT2D eigenvalue weighted by Crippen LogP contribution is -2.31. The Morgan fingerprint density at radius 1 is 1.08 bits per heavy atom. The zero-order valence-corrected chi connectivity index (χ0v) is 15.0. The zero-order chi connectivity index (χ0) is 17.6. The smallest absolute Gasteiger partial charge is 0.260 e. The highest BCUT2D eigenvalue weighted by molar-refractivity contribution is 5.77. The number of methoxy groups -OCH3 is 1. The van der Waals surface area contributed by atoms with Crippen molar-refractivity contribution in [2.45, 2.75) is 32.2 Å². The summed E-state index contributed by atoms with van der Waals surface area (Å²) in [6.45, 7) is 0.627. The lowest BCUT2D eigenvalue weighted by atomic mass is 9.91. The molecule has 2 aromatic carbocycles. The molecule has 0 spiro atoms. The number of ether oxygens (including phenoxy) is 2. The lowest BCUT2D eigenvalue weighted by molar-refractivity contribution is -0.132. The number of carbonyl (C=O) groups excluding carboxylic acids is 1. The summed E-state index contributed by atoms with van der Waals surface area (Å²) in [5, 5.41) is 0. The van der Waals surface area contributed by atoms with Gasteiger partial charge in [0.05, 0.1) is 7.11 Å². The van der Waals surface area contributed by atoms with Gasteiger partial charge in [0.15, 0.2) is 6.61 Å². The molecule has 0 saturated heterocycles. The number of carbonyl (C=O) groups is 1. The number of rotatable bonds is 6. The second-order valence-electron chi connectivity index (χ2n) is 6.49. The molecule has 0 radical (unpaired) electrons. The van der Waals surface area contributed by atoms with E-state index in [9.17, 15) is 4.79 Å². The number of nitrogens with zero attached hydrogens (tertiary/aromatic N) is 1. The van der Waals surface area contributed by atoms with E-state index in [-0.39, 0.29) is 12.5 Å². The summed E-state index contributed by atoms with van der Waals surface area (Å²) in [5.74, 6) is 1.66. The molecule has 1 aliphatic rings. The molecule has 132 valence electrons. The van der Waals surface area contributed by atoms with Crippen molar-refractivity contribution in [3.05, 3.63) is 59.2 Å². The van der Waals surface area contributed by atoms with Gasteiger partial charge in [-0.1, -0.05) is 24.3 Å². The van der Waals surface area contributed by atoms with Crippen LogP contribution in [0.5, 0.6) is 11.5 Å². The molecule has 1 amide bonds. The van der Waals surface area contributed by atoms with Crippen molar-refractivity contribution in [1.29, 1.82) is 0 Å². The molecule has 4 heteroatoms. The minimum atomic E-state index is -0.0239. The number of amides is 1. The van der Waals surface area contributed by atoms with E-state index in [0.717, 1.165) is 29.9 Å². The van der Waals surface area contributed by atoms with Crippen LogP contribution in [0, 0.1) is 0 Å². The summed E-state index contributed by atoms with van der Waals surface area (Å²) in [6, 6.07) is 13.9. The van der Waals surface area contributed by atoms with Gasteiger partial charge in [0, 0.05) is 13.6 Å². The Labute approximate surface area is 149 Å². The average molecular weight is 339 g/mol. The fourth-order valence-corrected chi connectivity index (χ4v) is 3.22. The van der Waals surface area contributed by atoms with E-state index in [4.69, 9.17) is 9.47 Å². The van der Waals surface area contributed by atoms with Gasteiger partial charge in [-0.05, 0) is 60.6 Å². The zero-order valence-electron chi connectivity index (χ0n) is 15.0. The maximum absolute atomic E-state index is 12.4. The first kappa shape index (κ1) is 17.3. The summed E-state index contributed by atoms with van der Waals surface area (Å²) < 4.78 is 11.0. The summed E-state index contributed by atoms with van der Waals surface area (Å²) in [4.78, 5) is 14.1. The maximum Gasteiger partial charge on any atom is 0.260 e. The molecule has 3 rings (SSSR count). The van der Waals surface area contributed by atoms with Gasteiger partial charge < -0.3 is 14.4 Å². The van der Waals surface area contributed by atoms with Crippen LogP contribution < -0.4 is 9.47 Å². The normalized spacial score (nSPS) is 13.0. The van der Waals surface area contributed by atoms with Crippen LogP contribution >= 0.6 is 0 Å². The maximum atomic E-state index is 12.4. The minimum Gasteiger partial charge on any atom is -0.497 e. The number of likely N-dealkylation sites (N-methyl/N-ethyl adjacent to an activating group) is 1. The molecule has 0 N–H and O–H groups in total. The number of aryl methyl sites for hydroxylation is 1. The van der Waals surface area contributed by atoms with Crippen LogP contribution in [0.2, 0.25) is 0 Å². The molecular weight excluding hydrogens is 314 g/mol. The van der Waals surface area contributed by atoms with Gasteiger partial charge in [0.25, 0.3) is 5.91 Å². The van der Waals surface area contributed by atoms with Gasteiger partial charge in [0.1, 0.15) is 11.5 Å². The minimum absolute atomic E-state index is 0.0239. The standard InChI is InChI=1S/C21H25NO3/c1-22(14-16-10-12-18(24-2)13-11-16)21(23)15-25-20-9-5-7-17-6-3-4-8-19(17)20/h5,7,9-13H,3-4,6,8,14-15H2,1-2H3. The van der Waals surface area contributed by atoms with E-state index in [1.165, 1.54) is 24.0 Å². The summed E-state index contributed by atoms with van der Waals surface area (Å²) >= 11 is 0. The third-order valence-electron chi connectivity index (χ3n) is 4.71. The van der Waals surface area contributed by atoms with Crippen molar-refractivity contribution in [1.82, 2.24) is 4.90 Å². The van der Waals surface area contributed by atoms with Crippen molar-refractivity contribution in [2.75, 3.05) is 20.8 Å². The highest BCUT2D eigenvalue weighted by Crippen LogP contribution is 2.29. The summed E-state index contributed by atoms with van der Waals surface area (Å²) in [6.07, 6.45) is 4.58. The van der Waals surface area contributed by atoms with E-state index < -0.39 is 0 Å². The van der Waals surface area contributed by atoms with Crippen molar-refractivity contribution >= 4 is 5.91 Å². The van der Waals surface area contributed by atoms with E-state index in [1.54, 1.807) is 19.1 Å². The fourth-order valence-electron chi connectivity index (χ4n) is 3.22. The molecule has 25 heavy (non-hydrogen) atoms. The Balaban J connectivity index is 1.56. The molecule has 0 fully saturated rings. The Hall–Kier alpha value is -2.49. The number of fused-ring (bicyclic) bond motifs is 1. The quantitative estimate of drug-likeness (QED) is 0.807. The van der Waals surface area contributed by atoms with Gasteiger partial charge in [-0.3, -0.25) is 4.79 Å². The van der Waals surface area contributed by atoms with Crippen molar-refractivity contribution in [3.63, 3.8) is 0 Å². The number of benzene rings is 2. The fraction of sp³-hybridized carbons (Fsp3) is 0.381. The van der Waals surface area contributed by atoms with Crippen LogP contribution in [0.1, 0.15) is 29.5 Å². The van der Waals surface area contributed by atoms with E-state index in [0.29, 0.717) is 6.54 Å². The molecule has 4 nitrogen and oxygen atoms in total. The first-order chi connectivity index (χ1) is 12.2. The van der Waals surface area contributed by atoms with Crippen LogP contribution in [-0.4, -0.2) is 31.6 Å². The largest absolute Gasteiger partial charge is 0.497 e. The third kappa shape index (κ3) is 4.32. The van der Waals surface area contributed by atoms with Crippen LogP contribution in [0.25, 0.3) is 0 Å². The SMILES string of the molecule is COc1ccc(CN(C)C(=O)COc2cccc3c2CCCC3)cc1. The lowest BCUT2D eigenvalue weighted by Gasteiger charge is -2.21. The van der Waals surface area contributed by atoms with E-state index in [2.05, 4.69) is 6.07 Å². The topological polar surface area (TPSA) is 38.8 Å². The van der Waals surface area contributed by atoms with Crippen molar-refractivity contribution in [3.8, 4) is 11.5 Å². The van der Waals surface area contributed by atoms with Crippen LogP contribution in [-0.2, 0) is 24.2 Å². The van der Waals surface area contributed by atoms with E-state index >= 15 is 0 Å². The van der Waals surface area contributed by atoms with Gasteiger partial charge in [0.2, 0.25) is 0 Å². The van der Waals surface area contributed by atoms with Crippen LogP contribution in [0.15, 0.2) is 42.5 Å². The molecule has 0 heterocycles. The van der Waals surface area contributed by atoms with E-state index in [1.807, 2.05) is 36.4 Å². The average Bonchev–Trinajstić information content (AvgIpc) is 2.66. The van der Waals surface area contributed by atoms with Gasteiger partial charge >= 0.3 is 0 Å². The second kappa shape index (κ2) is 8.06. The Bertz CT molecular complexity index is 724. The Kier molecular flexibility index (Phi) is 5.59. The number of hydrogen-bond donors (Lipinski definition) is 0. The first-order valence-electron chi connectivity index (χ1n) is 8.78. The molecule has 1 aliphatic carbocycles. The molecule has 0 aromatic heterocycles. The summed E-state index contributed by atoms with van der Waals surface area (Å²) in [7, 11) is 3.45. The molecule has 0 atom stereocenters. The molecule has 0 aliphatic heterocycles. The highest BCUT2D eigenvalue weighted by Gasteiger charge is 2.16. The molecule has 0 bridgehead atoms. The highest BCUT2D eigenvalue weighted by atomic mass is 16.5. The predicted molar refractivity (Wildman–Crippen MR) is 98.0 cm³/mol. The van der Waals surface area contributed by atoms with Gasteiger partial charge in [-0.25, -0.2) is 0 Å². The summed E-state index contributed by atoms with van der Waals surface area (Å²) in [5.41, 5.74) is 3.70. The van der Waals surface area contributed by atoms with Crippen molar-refractivity contribution in [2.24, 2.45) is 0 Å². The molecule has 2 aromatic rings. The molecular formula is C21H25NO3. The number of hydrogen-bond acceptors (Lipinski definition) is 3. The first-order valence-corrected chi connectivity index (χ1v) is 8.78. The molecule has 0 saturated carbocycles. The van der Waals surface area contributed by atoms with Crippen LogP contribution in [0.4, 0.5) is 0 Å². The Morgan fingerprint density at radius 2 is 1.84 bits per heavy atom. The van der Waals surface area contributed by atoms with Gasteiger partial charge in [-0.15, -0.1) is 0 Å². The monoisotopic (exact) mass is 339 g/mol.